The van der Waals surface area contributed by atoms with Crippen molar-refractivity contribution in [1.82, 2.24) is 5.48 Å². The quantitative estimate of drug-likeness (QED) is 0.625. The molecule has 1 atom stereocenters. The van der Waals surface area contributed by atoms with Gasteiger partial charge in [-0.15, -0.1) is 0 Å². The smallest absolute Gasteiger partial charge is 0.271 e. The van der Waals surface area contributed by atoms with Gasteiger partial charge in [-0.3, -0.25) is 10.0 Å². The molecular weight excluding hydrogens is 264 g/mol. The summed E-state index contributed by atoms with van der Waals surface area (Å²) in [5, 5.41) is 8.59. The van der Waals surface area contributed by atoms with Crippen molar-refractivity contribution >= 4 is 11.8 Å². The second-order valence-corrected chi connectivity index (χ2v) is 4.24. The SMILES string of the molecule is COc1cc(C2=N[C@@H](C(=O)NO)CO2)cc(OC)c1C. The van der Waals surface area contributed by atoms with E-state index in [1.807, 2.05) is 6.92 Å². The lowest BCUT2D eigenvalue weighted by Crippen LogP contribution is -2.31. The first kappa shape index (κ1) is 14.1. The number of hydroxylamine groups is 1. The summed E-state index contributed by atoms with van der Waals surface area (Å²) in [5.41, 5.74) is 3.07. The lowest BCUT2D eigenvalue weighted by molar-refractivity contribution is -0.130. The number of amides is 1. The summed E-state index contributed by atoms with van der Waals surface area (Å²) < 4.78 is 15.9. The molecule has 2 N–H and O–H groups in total. The van der Waals surface area contributed by atoms with Crippen LogP contribution in [0.25, 0.3) is 0 Å². The van der Waals surface area contributed by atoms with E-state index in [2.05, 4.69) is 4.99 Å². The average molecular weight is 280 g/mol. The molecular formula is C13H16N2O5. The number of nitrogens with zero attached hydrogens (tertiary/aromatic N) is 1. The maximum absolute atomic E-state index is 11.3. The van der Waals surface area contributed by atoms with E-state index in [4.69, 9.17) is 19.4 Å². The fourth-order valence-corrected chi connectivity index (χ4v) is 1.95. The molecule has 0 saturated heterocycles. The Balaban J connectivity index is 2.36. The molecule has 0 bridgehead atoms. The molecule has 1 aromatic rings. The third kappa shape index (κ3) is 2.53. The van der Waals surface area contributed by atoms with Crippen LogP contribution in [0.2, 0.25) is 0 Å². The fraction of sp³-hybridized carbons (Fsp3) is 0.385. The summed E-state index contributed by atoms with van der Waals surface area (Å²) in [5.74, 6) is 0.989. The number of rotatable bonds is 4. The maximum atomic E-state index is 11.3. The molecule has 0 fully saturated rings. The van der Waals surface area contributed by atoms with Crippen LogP contribution in [0.15, 0.2) is 17.1 Å². The molecule has 0 aromatic heterocycles. The minimum absolute atomic E-state index is 0.0836. The highest BCUT2D eigenvalue weighted by molar-refractivity contribution is 5.99. The molecule has 0 spiro atoms. The van der Waals surface area contributed by atoms with Gasteiger partial charge in [-0.2, -0.15) is 0 Å². The summed E-state index contributed by atoms with van der Waals surface area (Å²) >= 11 is 0. The van der Waals surface area contributed by atoms with Crippen molar-refractivity contribution in [2.24, 2.45) is 4.99 Å². The first-order chi connectivity index (χ1) is 9.60. The molecule has 1 heterocycles. The van der Waals surface area contributed by atoms with Crippen LogP contribution in [-0.2, 0) is 9.53 Å². The van der Waals surface area contributed by atoms with Crippen molar-refractivity contribution in [3.05, 3.63) is 23.3 Å². The summed E-state index contributed by atoms with van der Waals surface area (Å²) in [6.07, 6.45) is 0. The molecule has 0 unspecified atom stereocenters. The summed E-state index contributed by atoms with van der Waals surface area (Å²) in [4.78, 5) is 15.4. The predicted molar refractivity (Wildman–Crippen MR) is 70.5 cm³/mol. The molecule has 7 nitrogen and oxygen atoms in total. The molecule has 7 heteroatoms. The minimum atomic E-state index is -0.756. The van der Waals surface area contributed by atoms with Crippen molar-refractivity contribution in [2.45, 2.75) is 13.0 Å². The first-order valence-electron chi connectivity index (χ1n) is 5.98. The molecule has 1 aliphatic heterocycles. The Morgan fingerprint density at radius 3 is 2.50 bits per heavy atom. The van der Waals surface area contributed by atoms with Crippen LogP contribution >= 0.6 is 0 Å². The average Bonchev–Trinajstić information content (AvgIpc) is 2.96. The van der Waals surface area contributed by atoms with Crippen LogP contribution in [0.1, 0.15) is 11.1 Å². The highest BCUT2D eigenvalue weighted by atomic mass is 16.5. The Morgan fingerprint density at radius 2 is 2.00 bits per heavy atom. The molecule has 1 aliphatic rings. The second kappa shape index (κ2) is 5.79. The minimum Gasteiger partial charge on any atom is -0.496 e. The Morgan fingerprint density at radius 1 is 1.40 bits per heavy atom. The van der Waals surface area contributed by atoms with E-state index in [0.29, 0.717) is 23.0 Å². The third-order valence-corrected chi connectivity index (χ3v) is 3.06. The van der Waals surface area contributed by atoms with Gasteiger partial charge < -0.3 is 14.2 Å². The topological polar surface area (TPSA) is 89.4 Å². The fourth-order valence-electron chi connectivity index (χ4n) is 1.95. The molecule has 1 amide bonds. The monoisotopic (exact) mass is 280 g/mol. The highest BCUT2D eigenvalue weighted by Gasteiger charge is 2.27. The summed E-state index contributed by atoms with van der Waals surface area (Å²) in [6.45, 7) is 1.96. The van der Waals surface area contributed by atoms with Crippen LogP contribution in [0, 0.1) is 6.92 Å². The predicted octanol–water partition coefficient (Wildman–Crippen LogP) is 0.663. The van der Waals surface area contributed by atoms with Crippen LogP contribution < -0.4 is 15.0 Å². The number of methoxy groups -OCH3 is 2. The standard InChI is InChI=1S/C13H16N2O5/c1-7-10(18-2)4-8(5-11(7)19-3)13-14-9(6-20-13)12(16)15-17/h4-5,9,17H,6H2,1-3H3,(H,15,16)/t9-/m1/s1. The van der Waals surface area contributed by atoms with Gasteiger partial charge in [0.05, 0.1) is 14.2 Å². The van der Waals surface area contributed by atoms with Crippen molar-refractivity contribution in [1.29, 1.82) is 0 Å². The zero-order valence-corrected chi connectivity index (χ0v) is 11.5. The van der Waals surface area contributed by atoms with Crippen LogP contribution in [0.5, 0.6) is 11.5 Å². The third-order valence-electron chi connectivity index (χ3n) is 3.06. The van der Waals surface area contributed by atoms with E-state index in [9.17, 15) is 4.79 Å². The molecule has 0 saturated carbocycles. The van der Waals surface area contributed by atoms with E-state index < -0.39 is 11.9 Å². The van der Waals surface area contributed by atoms with Gasteiger partial charge >= 0.3 is 0 Å². The Bertz CT molecular complexity index is 531. The molecule has 0 aliphatic carbocycles. The maximum Gasteiger partial charge on any atom is 0.271 e. The molecule has 0 radical (unpaired) electrons. The van der Waals surface area contributed by atoms with E-state index in [0.717, 1.165) is 5.56 Å². The van der Waals surface area contributed by atoms with Crippen molar-refractivity contribution < 1.29 is 24.2 Å². The number of ether oxygens (including phenoxy) is 3. The first-order valence-corrected chi connectivity index (χ1v) is 5.98. The Labute approximate surface area is 116 Å². The molecule has 2 rings (SSSR count). The summed E-state index contributed by atoms with van der Waals surface area (Å²) in [7, 11) is 3.12. The summed E-state index contributed by atoms with van der Waals surface area (Å²) in [6, 6.07) is 2.76. The number of nitrogens with one attached hydrogen (secondary N) is 1. The van der Waals surface area contributed by atoms with E-state index >= 15 is 0 Å². The number of benzene rings is 1. The lowest BCUT2D eigenvalue weighted by atomic mass is 10.1. The zero-order valence-electron chi connectivity index (χ0n) is 11.5. The Hall–Kier alpha value is -2.28. The van der Waals surface area contributed by atoms with Gasteiger partial charge in [0.25, 0.3) is 5.91 Å². The normalized spacial score (nSPS) is 17.2. The van der Waals surface area contributed by atoms with Gasteiger partial charge in [-0.05, 0) is 19.1 Å². The van der Waals surface area contributed by atoms with Gasteiger partial charge in [0, 0.05) is 11.1 Å². The van der Waals surface area contributed by atoms with Crippen molar-refractivity contribution in [3.8, 4) is 11.5 Å². The Kier molecular flexibility index (Phi) is 4.09. The zero-order chi connectivity index (χ0) is 14.7. The van der Waals surface area contributed by atoms with Gasteiger partial charge in [0.15, 0.2) is 6.04 Å². The number of hydrogen-bond acceptors (Lipinski definition) is 6. The number of hydrogen-bond donors (Lipinski definition) is 2. The van der Waals surface area contributed by atoms with Crippen LogP contribution in [0.4, 0.5) is 0 Å². The van der Waals surface area contributed by atoms with Crippen molar-refractivity contribution in [2.75, 3.05) is 20.8 Å². The van der Waals surface area contributed by atoms with Crippen LogP contribution in [-0.4, -0.2) is 43.9 Å². The number of carbonyl (C=O) groups excluding carboxylic acids is 1. The van der Waals surface area contributed by atoms with Crippen LogP contribution in [0.3, 0.4) is 0 Å². The largest absolute Gasteiger partial charge is 0.496 e. The highest BCUT2D eigenvalue weighted by Crippen LogP contribution is 2.30. The molecule has 20 heavy (non-hydrogen) atoms. The van der Waals surface area contributed by atoms with E-state index in [1.165, 1.54) is 0 Å². The van der Waals surface area contributed by atoms with Gasteiger partial charge in [-0.1, -0.05) is 0 Å². The second-order valence-electron chi connectivity index (χ2n) is 4.24. The molecule has 1 aromatic carbocycles. The van der Waals surface area contributed by atoms with Gasteiger partial charge in [0.2, 0.25) is 5.90 Å². The van der Waals surface area contributed by atoms with Gasteiger partial charge in [0.1, 0.15) is 18.1 Å². The van der Waals surface area contributed by atoms with E-state index in [1.54, 1.807) is 31.8 Å². The van der Waals surface area contributed by atoms with Crippen molar-refractivity contribution in [3.63, 3.8) is 0 Å². The molecule has 108 valence electrons. The lowest BCUT2D eigenvalue weighted by Gasteiger charge is -2.12. The van der Waals surface area contributed by atoms with E-state index in [-0.39, 0.29) is 6.61 Å². The number of aliphatic imine (C=N–C) groups is 1. The number of carbonyl (C=O) groups is 1. The van der Waals surface area contributed by atoms with Gasteiger partial charge in [-0.25, -0.2) is 10.5 Å².